The van der Waals surface area contributed by atoms with Crippen LogP contribution in [0.15, 0.2) is 18.3 Å². The van der Waals surface area contributed by atoms with Crippen LogP contribution in [0.5, 0.6) is 0 Å². The zero-order valence-corrected chi connectivity index (χ0v) is 8.76. The van der Waals surface area contributed by atoms with E-state index in [2.05, 4.69) is 26.5 Å². The molecule has 1 saturated heterocycles. The van der Waals surface area contributed by atoms with Crippen molar-refractivity contribution in [2.75, 3.05) is 18.0 Å². The van der Waals surface area contributed by atoms with Crippen LogP contribution in [-0.2, 0) is 0 Å². The van der Waals surface area contributed by atoms with Crippen molar-refractivity contribution in [1.82, 2.24) is 15.5 Å². The molecule has 0 radical (unpaired) electrons. The molecule has 2 aliphatic rings. The minimum absolute atomic E-state index is 0.620. The number of rotatable bonds is 3. The highest BCUT2D eigenvalue weighted by atomic mass is 15.3. The molecule has 0 aromatic carbocycles. The first-order chi connectivity index (χ1) is 7.45. The zero-order valence-electron chi connectivity index (χ0n) is 8.76. The Balaban J connectivity index is 1.84. The molecule has 1 aliphatic carbocycles. The molecule has 1 unspecified atom stereocenters. The summed E-state index contributed by atoms with van der Waals surface area (Å²) >= 11 is 0. The van der Waals surface area contributed by atoms with Gasteiger partial charge in [-0.15, -0.1) is 5.10 Å². The van der Waals surface area contributed by atoms with Gasteiger partial charge in [0.15, 0.2) is 5.82 Å². The van der Waals surface area contributed by atoms with Crippen molar-refractivity contribution in [3.05, 3.63) is 18.3 Å². The largest absolute Gasteiger partial charge is 0.348 e. The maximum atomic E-state index is 4.23. The SMILES string of the molecule is c1cnnc(N(C2CC2)C2CCNC2)c1. The van der Waals surface area contributed by atoms with E-state index in [9.17, 15) is 0 Å². The van der Waals surface area contributed by atoms with Gasteiger partial charge in [-0.2, -0.15) is 5.10 Å². The molecule has 1 aromatic heterocycles. The lowest BCUT2D eigenvalue weighted by molar-refractivity contribution is 0.616. The van der Waals surface area contributed by atoms with Crippen LogP contribution in [0.25, 0.3) is 0 Å². The van der Waals surface area contributed by atoms with E-state index in [-0.39, 0.29) is 0 Å². The first-order valence-electron chi connectivity index (χ1n) is 5.72. The van der Waals surface area contributed by atoms with E-state index < -0.39 is 0 Å². The van der Waals surface area contributed by atoms with Gasteiger partial charge in [0.05, 0.1) is 0 Å². The van der Waals surface area contributed by atoms with Gasteiger partial charge in [0.25, 0.3) is 0 Å². The van der Waals surface area contributed by atoms with Crippen LogP contribution in [-0.4, -0.2) is 35.4 Å². The Morgan fingerprint density at radius 1 is 1.27 bits per heavy atom. The van der Waals surface area contributed by atoms with Crippen molar-refractivity contribution in [2.24, 2.45) is 0 Å². The van der Waals surface area contributed by atoms with E-state index in [1.165, 1.54) is 19.3 Å². The minimum Gasteiger partial charge on any atom is -0.348 e. The van der Waals surface area contributed by atoms with Crippen molar-refractivity contribution in [1.29, 1.82) is 0 Å². The summed E-state index contributed by atoms with van der Waals surface area (Å²) in [7, 11) is 0. The van der Waals surface area contributed by atoms with E-state index in [0.29, 0.717) is 12.1 Å². The van der Waals surface area contributed by atoms with Crippen LogP contribution in [0.2, 0.25) is 0 Å². The van der Waals surface area contributed by atoms with Crippen molar-refractivity contribution in [3.8, 4) is 0 Å². The number of hydrogen-bond donors (Lipinski definition) is 1. The van der Waals surface area contributed by atoms with Crippen molar-refractivity contribution in [2.45, 2.75) is 31.3 Å². The average Bonchev–Trinajstić information content (AvgIpc) is 2.96. The molecule has 0 spiro atoms. The molecule has 2 heterocycles. The number of nitrogens with one attached hydrogen (secondary N) is 1. The predicted molar refractivity (Wildman–Crippen MR) is 58.8 cm³/mol. The fraction of sp³-hybridized carbons (Fsp3) is 0.636. The average molecular weight is 204 g/mol. The Morgan fingerprint density at radius 2 is 2.20 bits per heavy atom. The van der Waals surface area contributed by atoms with Crippen LogP contribution >= 0.6 is 0 Å². The van der Waals surface area contributed by atoms with Gasteiger partial charge in [0.2, 0.25) is 0 Å². The standard InChI is InChI=1S/C11H16N4/c1-2-11(14-13-6-1)15(9-3-4-9)10-5-7-12-8-10/h1-2,6,9-10,12H,3-5,7-8H2. The molecular weight excluding hydrogens is 188 g/mol. The lowest BCUT2D eigenvalue weighted by Gasteiger charge is -2.29. The van der Waals surface area contributed by atoms with Crippen molar-refractivity contribution >= 4 is 5.82 Å². The molecule has 1 aliphatic heterocycles. The quantitative estimate of drug-likeness (QED) is 0.791. The minimum atomic E-state index is 0.620. The first-order valence-corrected chi connectivity index (χ1v) is 5.72. The van der Waals surface area contributed by atoms with E-state index in [4.69, 9.17) is 0 Å². The van der Waals surface area contributed by atoms with E-state index in [1.54, 1.807) is 6.20 Å². The van der Waals surface area contributed by atoms with Crippen molar-refractivity contribution in [3.63, 3.8) is 0 Å². The van der Waals surface area contributed by atoms with Crippen LogP contribution in [0.3, 0.4) is 0 Å². The summed E-state index contributed by atoms with van der Waals surface area (Å²) in [5.41, 5.74) is 0. The second-order valence-electron chi connectivity index (χ2n) is 4.37. The summed E-state index contributed by atoms with van der Waals surface area (Å²) in [5, 5.41) is 11.6. The van der Waals surface area contributed by atoms with Gasteiger partial charge in [-0.25, -0.2) is 0 Å². The molecular formula is C11H16N4. The molecule has 1 saturated carbocycles. The third kappa shape index (κ3) is 1.81. The second-order valence-corrected chi connectivity index (χ2v) is 4.37. The second kappa shape index (κ2) is 3.77. The lowest BCUT2D eigenvalue weighted by atomic mass is 10.2. The molecule has 4 heteroatoms. The van der Waals surface area contributed by atoms with E-state index in [0.717, 1.165) is 18.9 Å². The third-order valence-electron chi connectivity index (χ3n) is 3.19. The van der Waals surface area contributed by atoms with Crippen LogP contribution < -0.4 is 10.2 Å². The molecule has 4 nitrogen and oxygen atoms in total. The predicted octanol–water partition coefficient (Wildman–Crippen LogP) is 0.807. The fourth-order valence-corrected chi connectivity index (χ4v) is 2.33. The van der Waals surface area contributed by atoms with Gasteiger partial charge < -0.3 is 10.2 Å². The Morgan fingerprint density at radius 3 is 2.80 bits per heavy atom. The summed E-state index contributed by atoms with van der Waals surface area (Å²) in [4.78, 5) is 2.47. The molecule has 80 valence electrons. The van der Waals surface area contributed by atoms with E-state index in [1.807, 2.05) is 6.07 Å². The topological polar surface area (TPSA) is 41.1 Å². The highest BCUT2D eigenvalue weighted by Gasteiger charge is 2.36. The Hall–Kier alpha value is -1.16. The molecule has 0 amide bonds. The van der Waals surface area contributed by atoms with Crippen molar-refractivity contribution < 1.29 is 0 Å². The van der Waals surface area contributed by atoms with Crippen LogP contribution in [0.1, 0.15) is 19.3 Å². The van der Waals surface area contributed by atoms with Gasteiger partial charge in [0, 0.05) is 24.8 Å². The molecule has 1 atom stereocenters. The number of aromatic nitrogens is 2. The summed E-state index contributed by atoms with van der Waals surface area (Å²) in [6, 6.07) is 5.38. The zero-order chi connectivity index (χ0) is 10.1. The summed E-state index contributed by atoms with van der Waals surface area (Å²) in [5.74, 6) is 1.05. The number of hydrogen-bond acceptors (Lipinski definition) is 4. The fourth-order valence-electron chi connectivity index (χ4n) is 2.33. The van der Waals surface area contributed by atoms with Gasteiger partial charge >= 0.3 is 0 Å². The molecule has 0 bridgehead atoms. The lowest BCUT2D eigenvalue weighted by Crippen LogP contribution is -2.39. The smallest absolute Gasteiger partial charge is 0.151 e. The van der Waals surface area contributed by atoms with E-state index >= 15 is 0 Å². The monoisotopic (exact) mass is 204 g/mol. The van der Waals surface area contributed by atoms with Gasteiger partial charge in [-0.05, 0) is 37.9 Å². The van der Waals surface area contributed by atoms with Gasteiger partial charge in [-0.1, -0.05) is 0 Å². The highest BCUT2D eigenvalue weighted by Crippen LogP contribution is 2.33. The van der Waals surface area contributed by atoms with Gasteiger partial charge in [0.1, 0.15) is 0 Å². The Labute approximate surface area is 89.7 Å². The normalized spacial score (nSPS) is 25.5. The number of anilines is 1. The number of nitrogens with zero attached hydrogens (tertiary/aromatic N) is 3. The van der Waals surface area contributed by atoms with Gasteiger partial charge in [-0.3, -0.25) is 0 Å². The summed E-state index contributed by atoms with van der Waals surface area (Å²) in [6.07, 6.45) is 5.59. The van der Waals surface area contributed by atoms with Crippen LogP contribution in [0.4, 0.5) is 5.82 Å². The molecule has 1 aromatic rings. The Kier molecular flexibility index (Phi) is 2.29. The highest BCUT2D eigenvalue weighted by molar-refractivity contribution is 5.42. The maximum Gasteiger partial charge on any atom is 0.151 e. The molecule has 1 N–H and O–H groups in total. The first kappa shape index (κ1) is 9.09. The summed E-state index contributed by atoms with van der Waals surface area (Å²) < 4.78 is 0. The summed E-state index contributed by atoms with van der Waals surface area (Å²) in [6.45, 7) is 2.22. The molecule has 3 rings (SSSR count). The molecule has 2 fully saturated rings. The maximum absolute atomic E-state index is 4.23. The molecule has 15 heavy (non-hydrogen) atoms. The third-order valence-corrected chi connectivity index (χ3v) is 3.19. The Bertz CT molecular complexity index is 317. The van der Waals surface area contributed by atoms with Crippen LogP contribution in [0, 0.1) is 0 Å².